The molecule has 3 aromatic rings. The number of rotatable bonds is 4. The Labute approximate surface area is 153 Å². The highest BCUT2D eigenvalue weighted by atomic mass is 31.2. The van der Waals surface area contributed by atoms with Crippen LogP contribution in [0, 0.1) is 6.92 Å². The van der Waals surface area contributed by atoms with Gasteiger partial charge in [-0.05, 0) is 39.0 Å². The van der Waals surface area contributed by atoms with Crippen LogP contribution in [0.25, 0.3) is 10.9 Å². The summed E-state index contributed by atoms with van der Waals surface area (Å²) >= 11 is 0. The predicted molar refractivity (Wildman–Crippen MR) is 105 cm³/mol. The number of hydrogen-bond acceptors (Lipinski definition) is 4. The summed E-state index contributed by atoms with van der Waals surface area (Å²) in [4.78, 5) is 3.25. The van der Waals surface area contributed by atoms with Crippen LogP contribution in [0.3, 0.4) is 0 Å². The van der Waals surface area contributed by atoms with E-state index in [0.717, 1.165) is 22.2 Å². The second-order valence-electron chi connectivity index (χ2n) is 6.86. The van der Waals surface area contributed by atoms with Crippen LogP contribution in [0.5, 0.6) is 0 Å². The summed E-state index contributed by atoms with van der Waals surface area (Å²) in [6, 6.07) is 16.0. The maximum absolute atomic E-state index is 13.6. The van der Waals surface area contributed by atoms with Gasteiger partial charge in [0.2, 0.25) is 0 Å². The number of fused-ring (bicyclic) bond motifs is 1. The van der Waals surface area contributed by atoms with Gasteiger partial charge < -0.3 is 19.3 Å². The molecule has 4 rings (SSSR count). The molecule has 0 spiro atoms. The van der Waals surface area contributed by atoms with Crippen LogP contribution in [0.2, 0.25) is 0 Å². The van der Waals surface area contributed by atoms with Crippen molar-refractivity contribution < 1.29 is 13.6 Å². The van der Waals surface area contributed by atoms with Crippen LogP contribution in [0.1, 0.15) is 30.8 Å². The minimum absolute atomic E-state index is 0.214. The third-order valence-electron chi connectivity index (χ3n) is 4.87. The first-order chi connectivity index (χ1) is 12.5. The number of aryl methyl sites for hydroxylation is 1. The molecule has 1 fully saturated rings. The van der Waals surface area contributed by atoms with Crippen molar-refractivity contribution >= 4 is 24.2 Å². The Morgan fingerprint density at radius 1 is 1.04 bits per heavy atom. The fourth-order valence-electron chi connectivity index (χ4n) is 3.24. The van der Waals surface area contributed by atoms with Crippen LogP contribution in [0.4, 0.5) is 5.69 Å². The standard InChI is InChI=1S/C20H23N2O3P/c1-13-8-10-16(11-9-13)22-20(26(23)24-14(2)15(3)25-26)18-12-21-19-7-5-4-6-17(18)19/h4-12,14-15,20-22H,1-3H3/t14-,15-,20+/m1/s1. The van der Waals surface area contributed by atoms with Crippen molar-refractivity contribution in [2.75, 3.05) is 5.32 Å². The normalized spacial score (nSPS) is 23.2. The molecule has 3 atom stereocenters. The Bertz CT molecular complexity index is 953. The SMILES string of the molecule is Cc1ccc(N[C@H](c2c[nH]c3ccccc23)P2(=O)O[C@H](C)[C@@H](C)O2)cc1. The maximum Gasteiger partial charge on any atom is 0.358 e. The molecule has 2 aromatic carbocycles. The van der Waals surface area contributed by atoms with Gasteiger partial charge in [-0.2, -0.15) is 0 Å². The molecule has 1 aromatic heterocycles. The minimum atomic E-state index is -3.39. The van der Waals surface area contributed by atoms with Gasteiger partial charge in [0, 0.05) is 28.4 Å². The van der Waals surface area contributed by atoms with E-state index in [1.807, 2.05) is 75.5 Å². The van der Waals surface area contributed by atoms with E-state index in [2.05, 4.69) is 10.3 Å². The Kier molecular flexibility index (Phi) is 4.39. The molecule has 1 aliphatic heterocycles. The molecule has 0 saturated carbocycles. The molecule has 0 radical (unpaired) electrons. The van der Waals surface area contributed by atoms with E-state index >= 15 is 0 Å². The molecular weight excluding hydrogens is 347 g/mol. The van der Waals surface area contributed by atoms with Gasteiger partial charge in [-0.15, -0.1) is 0 Å². The molecule has 6 heteroatoms. The second-order valence-corrected chi connectivity index (χ2v) is 8.88. The lowest BCUT2D eigenvalue weighted by Gasteiger charge is -2.24. The number of benzene rings is 2. The van der Waals surface area contributed by atoms with E-state index < -0.39 is 13.4 Å². The first-order valence-electron chi connectivity index (χ1n) is 8.82. The summed E-state index contributed by atoms with van der Waals surface area (Å²) in [5, 5.41) is 4.40. The summed E-state index contributed by atoms with van der Waals surface area (Å²) in [5.74, 6) is -0.589. The molecule has 1 aliphatic rings. The van der Waals surface area contributed by atoms with Crippen LogP contribution in [-0.2, 0) is 13.6 Å². The molecule has 0 aliphatic carbocycles. The van der Waals surface area contributed by atoms with Crippen molar-refractivity contribution in [2.24, 2.45) is 0 Å². The monoisotopic (exact) mass is 370 g/mol. The van der Waals surface area contributed by atoms with Gasteiger partial charge >= 0.3 is 7.60 Å². The number of nitrogens with one attached hydrogen (secondary N) is 2. The molecular formula is C20H23N2O3P. The van der Waals surface area contributed by atoms with E-state index in [9.17, 15) is 4.57 Å². The van der Waals surface area contributed by atoms with E-state index in [4.69, 9.17) is 9.05 Å². The second kappa shape index (κ2) is 6.58. The average Bonchev–Trinajstić information content (AvgIpc) is 3.15. The first kappa shape index (κ1) is 17.3. The lowest BCUT2D eigenvalue weighted by atomic mass is 10.1. The Balaban J connectivity index is 1.79. The van der Waals surface area contributed by atoms with Crippen molar-refractivity contribution in [1.29, 1.82) is 0 Å². The topological polar surface area (TPSA) is 63.4 Å². The lowest BCUT2D eigenvalue weighted by molar-refractivity contribution is 0.187. The molecule has 0 unspecified atom stereocenters. The Hall–Kier alpha value is -2.07. The zero-order valence-corrected chi connectivity index (χ0v) is 16.0. The van der Waals surface area contributed by atoms with Gasteiger partial charge in [0.15, 0.2) is 5.78 Å². The number of aromatic nitrogens is 1. The van der Waals surface area contributed by atoms with Crippen molar-refractivity contribution in [3.63, 3.8) is 0 Å². The van der Waals surface area contributed by atoms with Crippen LogP contribution in [-0.4, -0.2) is 17.2 Å². The molecule has 1 saturated heterocycles. The minimum Gasteiger partial charge on any atom is -0.368 e. The number of hydrogen-bond donors (Lipinski definition) is 2. The highest BCUT2D eigenvalue weighted by Gasteiger charge is 2.47. The van der Waals surface area contributed by atoms with Gasteiger partial charge in [0.1, 0.15) is 0 Å². The van der Waals surface area contributed by atoms with Crippen molar-refractivity contribution in [3.8, 4) is 0 Å². The Morgan fingerprint density at radius 3 is 2.38 bits per heavy atom. The van der Waals surface area contributed by atoms with Crippen LogP contribution < -0.4 is 5.32 Å². The third kappa shape index (κ3) is 3.07. The lowest BCUT2D eigenvalue weighted by Crippen LogP contribution is -2.13. The fourth-order valence-corrected chi connectivity index (χ4v) is 5.66. The predicted octanol–water partition coefficient (Wildman–Crippen LogP) is 5.60. The average molecular weight is 370 g/mol. The summed E-state index contributed by atoms with van der Waals surface area (Å²) in [7, 11) is -3.39. The van der Waals surface area contributed by atoms with Gasteiger partial charge in [-0.1, -0.05) is 35.9 Å². The van der Waals surface area contributed by atoms with Crippen LogP contribution in [0.15, 0.2) is 54.7 Å². The number of para-hydroxylation sites is 1. The summed E-state index contributed by atoms with van der Waals surface area (Å²) in [5.41, 5.74) is 3.91. The Morgan fingerprint density at radius 2 is 1.69 bits per heavy atom. The number of H-pyrrole nitrogens is 1. The molecule has 0 amide bonds. The highest BCUT2D eigenvalue weighted by molar-refractivity contribution is 7.54. The largest absolute Gasteiger partial charge is 0.368 e. The van der Waals surface area contributed by atoms with Gasteiger partial charge in [0.05, 0.1) is 12.2 Å². The zero-order valence-electron chi connectivity index (χ0n) is 15.1. The van der Waals surface area contributed by atoms with Gasteiger partial charge in [-0.3, -0.25) is 4.57 Å². The number of anilines is 1. The molecule has 2 N–H and O–H groups in total. The van der Waals surface area contributed by atoms with E-state index in [1.54, 1.807) is 0 Å². The van der Waals surface area contributed by atoms with Crippen molar-refractivity contribution in [3.05, 3.63) is 65.9 Å². The molecule has 136 valence electrons. The van der Waals surface area contributed by atoms with Gasteiger partial charge in [-0.25, -0.2) is 0 Å². The third-order valence-corrected chi connectivity index (χ3v) is 7.17. The molecule has 5 nitrogen and oxygen atoms in total. The summed E-state index contributed by atoms with van der Waals surface area (Å²) in [6.07, 6.45) is 1.46. The highest BCUT2D eigenvalue weighted by Crippen LogP contribution is 2.66. The smallest absolute Gasteiger partial charge is 0.358 e. The maximum atomic E-state index is 13.6. The van der Waals surface area contributed by atoms with E-state index in [-0.39, 0.29) is 12.2 Å². The molecule has 0 bridgehead atoms. The van der Waals surface area contributed by atoms with Crippen molar-refractivity contribution in [1.82, 2.24) is 4.98 Å². The molecule has 2 heterocycles. The quantitative estimate of drug-likeness (QED) is 0.587. The zero-order chi connectivity index (χ0) is 18.3. The van der Waals surface area contributed by atoms with Gasteiger partial charge in [0.25, 0.3) is 0 Å². The van der Waals surface area contributed by atoms with Crippen LogP contribution >= 0.6 is 7.60 Å². The fraction of sp³-hybridized carbons (Fsp3) is 0.300. The summed E-state index contributed by atoms with van der Waals surface area (Å²) < 4.78 is 25.3. The molecule has 26 heavy (non-hydrogen) atoms. The van der Waals surface area contributed by atoms with E-state index in [0.29, 0.717) is 0 Å². The van der Waals surface area contributed by atoms with Crippen molar-refractivity contribution in [2.45, 2.75) is 38.8 Å². The summed E-state index contributed by atoms with van der Waals surface area (Å²) in [6.45, 7) is 5.82. The number of aromatic amines is 1. The van der Waals surface area contributed by atoms with E-state index in [1.165, 1.54) is 5.56 Å². The first-order valence-corrected chi connectivity index (χ1v) is 10.4.